The van der Waals surface area contributed by atoms with Crippen LogP contribution in [0.15, 0.2) is 23.1 Å². The first-order valence-electron chi connectivity index (χ1n) is 9.44. The molecule has 27 heavy (non-hydrogen) atoms. The maximum absolute atomic E-state index is 12.5. The number of thioether (sulfide) groups is 1. The summed E-state index contributed by atoms with van der Waals surface area (Å²) < 4.78 is 11.0. The topological polar surface area (TPSA) is 76.7 Å². The fourth-order valence-electron chi connectivity index (χ4n) is 3.13. The van der Waals surface area contributed by atoms with Gasteiger partial charge >= 0.3 is 0 Å². The highest BCUT2D eigenvalue weighted by molar-refractivity contribution is 7.98. The number of hydrogen-bond donors (Lipinski definition) is 2. The fraction of sp³-hybridized carbons (Fsp3) is 0.600. The summed E-state index contributed by atoms with van der Waals surface area (Å²) in [6.45, 7) is 4.91. The Morgan fingerprint density at radius 1 is 1.33 bits per heavy atom. The van der Waals surface area contributed by atoms with Gasteiger partial charge in [0.1, 0.15) is 5.75 Å². The van der Waals surface area contributed by atoms with Crippen molar-refractivity contribution in [3.63, 3.8) is 0 Å². The van der Waals surface area contributed by atoms with Crippen LogP contribution in [0, 0.1) is 5.92 Å². The molecule has 2 atom stereocenters. The minimum atomic E-state index is -0.201. The Kier molecular flexibility index (Phi) is 8.44. The van der Waals surface area contributed by atoms with Crippen molar-refractivity contribution in [3.8, 4) is 5.75 Å². The van der Waals surface area contributed by atoms with E-state index in [1.807, 2.05) is 18.4 Å². The normalized spacial score (nSPS) is 19.1. The van der Waals surface area contributed by atoms with Gasteiger partial charge in [-0.2, -0.15) is 0 Å². The summed E-state index contributed by atoms with van der Waals surface area (Å²) in [4.78, 5) is 25.8. The van der Waals surface area contributed by atoms with E-state index in [4.69, 9.17) is 9.47 Å². The molecule has 0 aromatic heterocycles. The lowest BCUT2D eigenvalue weighted by atomic mass is 10.0. The van der Waals surface area contributed by atoms with Crippen LogP contribution in [-0.4, -0.2) is 50.5 Å². The van der Waals surface area contributed by atoms with Crippen molar-refractivity contribution < 1.29 is 19.1 Å². The quantitative estimate of drug-likeness (QED) is 0.630. The predicted molar refractivity (Wildman–Crippen MR) is 107 cm³/mol. The maximum atomic E-state index is 12.5. The van der Waals surface area contributed by atoms with E-state index in [2.05, 4.69) is 24.5 Å². The van der Waals surface area contributed by atoms with Gasteiger partial charge in [-0.05, 0) is 43.7 Å². The summed E-state index contributed by atoms with van der Waals surface area (Å²) in [6, 6.07) is 5.73. The molecule has 2 rings (SSSR count). The van der Waals surface area contributed by atoms with Gasteiger partial charge in [0, 0.05) is 17.5 Å². The molecule has 0 aliphatic carbocycles. The van der Waals surface area contributed by atoms with Crippen molar-refractivity contribution in [2.75, 3.05) is 26.5 Å². The molecular formula is C20H30N2O4S. The summed E-state index contributed by atoms with van der Waals surface area (Å²) in [7, 11) is 1.55. The Balaban J connectivity index is 1.85. The zero-order valence-corrected chi connectivity index (χ0v) is 17.4. The third kappa shape index (κ3) is 5.87. The lowest BCUT2D eigenvalue weighted by Crippen LogP contribution is -2.38. The van der Waals surface area contributed by atoms with Crippen LogP contribution < -0.4 is 15.4 Å². The second-order valence-electron chi connectivity index (χ2n) is 6.69. The molecule has 1 heterocycles. The van der Waals surface area contributed by atoms with Crippen molar-refractivity contribution in [2.45, 2.75) is 50.2 Å². The minimum Gasteiger partial charge on any atom is -0.496 e. The average molecular weight is 395 g/mol. The molecule has 1 saturated heterocycles. The van der Waals surface area contributed by atoms with Gasteiger partial charge in [0.05, 0.1) is 31.3 Å². The average Bonchev–Trinajstić information content (AvgIpc) is 3.18. The Labute approximate surface area is 165 Å². The van der Waals surface area contributed by atoms with Gasteiger partial charge < -0.3 is 20.1 Å². The summed E-state index contributed by atoms with van der Waals surface area (Å²) in [5.74, 6) is 0.247. The molecule has 7 heteroatoms. The van der Waals surface area contributed by atoms with Gasteiger partial charge in [0.2, 0.25) is 5.91 Å². The maximum Gasteiger partial charge on any atom is 0.255 e. The number of ether oxygens (including phenoxy) is 2. The third-order valence-corrected chi connectivity index (χ3v) is 5.65. The number of methoxy groups -OCH3 is 1. The van der Waals surface area contributed by atoms with Gasteiger partial charge in [-0.15, -0.1) is 11.8 Å². The lowest BCUT2D eigenvalue weighted by Gasteiger charge is -2.17. The van der Waals surface area contributed by atoms with Crippen molar-refractivity contribution >= 4 is 23.6 Å². The van der Waals surface area contributed by atoms with Crippen molar-refractivity contribution in [3.05, 3.63) is 23.8 Å². The van der Waals surface area contributed by atoms with Gasteiger partial charge in [0.15, 0.2) is 0 Å². The van der Waals surface area contributed by atoms with Crippen LogP contribution in [0.3, 0.4) is 0 Å². The standard InChI is InChI=1S/C20H30N2O4S/c1-5-14(6-2)22-19(23)13-9-15(26-12-13)11-21-20(24)17-8-7-16(27-4)10-18(17)25-3/h7-8,10,13-15H,5-6,9,11-12H2,1-4H3,(H,21,24)(H,22,23)/t13-,15-/m0/s1. The molecule has 6 nitrogen and oxygen atoms in total. The Morgan fingerprint density at radius 3 is 2.70 bits per heavy atom. The Morgan fingerprint density at radius 2 is 2.07 bits per heavy atom. The van der Waals surface area contributed by atoms with Gasteiger partial charge in [-0.3, -0.25) is 9.59 Å². The zero-order chi connectivity index (χ0) is 19.8. The molecule has 0 spiro atoms. The van der Waals surface area contributed by atoms with Gasteiger partial charge in [-0.25, -0.2) is 0 Å². The van der Waals surface area contributed by atoms with E-state index in [9.17, 15) is 9.59 Å². The highest BCUT2D eigenvalue weighted by atomic mass is 32.2. The van der Waals surface area contributed by atoms with Crippen LogP contribution in [0.25, 0.3) is 0 Å². The Bertz CT molecular complexity index is 649. The molecule has 2 amide bonds. The van der Waals surface area contributed by atoms with Crippen LogP contribution in [-0.2, 0) is 9.53 Å². The first kappa shape index (κ1) is 21.6. The van der Waals surface area contributed by atoms with Gasteiger partial charge in [0.25, 0.3) is 5.91 Å². The number of amides is 2. The third-order valence-electron chi connectivity index (χ3n) is 4.93. The molecule has 0 radical (unpaired) electrons. The molecule has 0 saturated carbocycles. The number of nitrogens with one attached hydrogen (secondary N) is 2. The predicted octanol–water partition coefficient (Wildman–Crippen LogP) is 2.86. The summed E-state index contributed by atoms with van der Waals surface area (Å²) in [5, 5.41) is 5.96. The van der Waals surface area contributed by atoms with E-state index in [0.717, 1.165) is 17.7 Å². The highest BCUT2D eigenvalue weighted by Gasteiger charge is 2.31. The second-order valence-corrected chi connectivity index (χ2v) is 7.57. The zero-order valence-electron chi connectivity index (χ0n) is 16.5. The van der Waals surface area contributed by atoms with Crippen molar-refractivity contribution in [2.24, 2.45) is 5.92 Å². The SMILES string of the molecule is CCC(CC)NC(=O)[C@@H]1CO[C@H](CNC(=O)c2ccc(SC)cc2OC)C1. The molecule has 1 aliphatic rings. The molecule has 150 valence electrons. The summed E-state index contributed by atoms with van der Waals surface area (Å²) in [5.41, 5.74) is 0.497. The van der Waals surface area contributed by atoms with Crippen molar-refractivity contribution in [1.82, 2.24) is 10.6 Å². The molecule has 1 aromatic carbocycles. The molecule has 1 aliphatic heterocycles. The smallest absolute Gasteiger partial charge is 0.255 e. The highest BCUT2D eigenvalue weighted by Crippen LogP contribution is 2.25. The molecule has 0 bridgehead atoms. The molecule has 2 N–H and O–H groups in total. The first-order chi connectivity index (χ1) is 13.0. The van der Waals surface area contributed by atoms with E-state index in [1.54, 1.807) is 24.9 Å². The van der Waals surface area contributed by atoms with E-state index < -0.39 is 0 Å². The fourth-order valence-corrected chi connectivity index (χ4v) is 3.56. The minimum absolute atomic E-state index is 0.0480. The van der Waals surface area contributed by atoms with Gasteiger partial charge in [-0.1, -0.05) is 13.8 Å². The number of benzene rings is 1. The summed E-state index contributed by atoms with van der Waals surface area (Å²) >= 11 is 1.59. The molecule has 1 fully saturated rings. The molecule has 0 unspecified atom stereocenters. The number of rotatable bonds is 9. The summed E-state index contributed by atoms with van der Waals surface area (Å²) in [6.07, 6.45) is 4.29. The second kappa shape index (κ2) is 10.6. The van der Waals surface area contributed by atoms with Crippen LogP contribution in [0.1, 0.15) is 43.5 Å². The van der Waals surface area contributed by atoms with Crippen molar-refractivity contribution in [1.29, 1.82) is 0 Å². The molecule has 1 aromatic rings. The van der Waals surface area contributed by atoms with E-state index in [-0.39, 0.29) is 29.9 Å². The Hall–Kier alpha value is -1.73. The van der Waals surface area contributed by atoms with E-state index >= 15 is 0 Å². The first-order valence-corrected chi connectivity index (χ1v) is 10.7. The monoisotopic (exact) mass is 394 g/mol. The van der Waals surface area contributed by atoms with E-state index in [1.165, 1.54) is 0 Å². The van der Waals surface area contributed by atoms with Crippen LogP contribution in [0.4, 0.5) is 0 Å². The van der Waals surface area contributed by atoms with Crippen LogP contribution in [0.5, 0.6) is 5.75 Å². The van der Waals surface area contributed by atoms with Crippen LogP contribution >= 0.6 is 11.8 Å². The lowest BCUT2D eigenvalue weighted by molar-refractivity contribution is -0.125. The largest absolute Gasteiger partial charge is 0.496 e. The molecular weight excluding hydrogens is 364 g/mol. The van der Waals surface area contributed by atoms with Crippen LogP contribution in [0.2, 0.25) is 0 Å². The number of carbonyl (C=O) groups is 2. The number of hydrogen-bond acceptors (Lipinski definition) is 5. The number of carbonyl (C=O) groups excluding carboxylic acids is 2. The van der Waals surface area contributed by atoms with E-state index in [0.29, 0.717) is 30.9 Å².